The van der Waals surface area contributed by atoms with E-state index in [-0.39, 0.29) is 12.5 Å². The molecule has 0 aliphatic carbocycles. The number of carboxylic acid groups (broad SMARTS) is 1. The van der Waals surface area contributed by atoms with Gasteiger partial charge in [-0.2, -0.15) is 0 Å². The van der Waals surface area contributed by atoms with Crippen molar-refractivity contribution in [2.75, 3.05) is 0 Å². The van der Waals surface area contributed by atoms with E-state index in [1.807, 2.05) is 11.4 Å². The molecule has 4 rings (SSSR count). The molecule has 0 saturated carbocycles. The standard InChI is InChI=1S/C21H14BrCl2NO3S/c22-19-11(7-8-29-19)10-25-18(15-6-5-12(23)9-16(15)24)17(21(27)28)13-3-1-2-4-14(13)20(25)26/h1-9,17-18H,10H2,(H,27,28). The number of carboxylic acids is 1. The highest BCUT2D eigenvalue weighted by Gasteiger charge is 2.45. The molecule has 0 radical (unpaired) electrons. The first-order valence-electron chi connectivity index (χ1n) is 8.68. The van der Waals surface area contributed by atoms with Gasteiger partial charge in [0.2, 0.25) is 0 Å². The van der Waals surface area contributed by atoms with E-state index in [0.717, 1.165) is 9.35 Å². The Morgan fingerprint density at radius 1 is 1.14 bits per heavy atom. The number of rotatable bonds is 4. The zero-order valence-electron chi connectivity index (χ0n) is 14.8. The largest absolute Gasteiger partial charge is 0.481 e. The van der Waals surface area contributed by atoms with Gasteiger partial charge in [0, 0.05) is 22.2 Å². The van der Waals surface area contributed by atoms with Gasteiger partial charge in [0.1, 0.15) is 5.92 Å². The van der Waals surface area contributed by atoms with E-state index >= 15 is 0 Å². The zero-order chi connectivity index (χ0) is 20.7. The number of carbonyl (C=O) groups is 2. The van der Waals surface area contributed by atoms with Crippen LogP contribution in [-0.4, -0.2) is 21.9 Å². The summed E-state index contributed by atoms with van der Waals surface area (Å²) in [5.41, 5.74) is 2.34. The van der Waals surface area contributed by atoms with Crippen LogP contribution < -0.4 is 0 Å². The molecule has 29 heavy (non-hydrogen) atoms. The minimum absolute atomic E-state index is 0.229. The molecule has 1 aliphatic heterocycles. The number of carbonyl (C=O) groups excluding carboxylic acids is 1. The fourth-order valence-corrected chi connectivity index (χ4v) is 5.47. The molecule has 4 nitrogen and oxygen atoms in total. The number of thiophene rings is 1. The molecule has 1 amide bonds. The van der Waals surface area contributed by atoms with Gasteiger partial charge >= 0.3 is 5.97 Å². The lowest BCUT2D eigenvalue weighted by Gasteiger charge is -2.41. The second-order valence-electron chi connectivity index (χ2n) is 6.67. The number of halogens is 3. The fourth-order valence-electron chi connectivity index (χ4n) is 3.74. The normalized spacial score (nSPS) is 18.6. The molecule has 1 aliphatic rings. The van der Waals surface area contributed by atoms with Crippen LogP contribution >= 0.6 is 50.5 Å². The zero-order valence-corrected chi connectivity index (χ0v) is 18.7. The maximum atomic E-state index is 13.4. The van der Waals surface area contributed by atoms with Crippen LogP contribution in [0.1, 0.15) is 39.0 Å². The summed E-state index contributed by atoms with van der Waals surface area (Å²) in [6.07, 6.45) is 0. The Hall–Kier alpha value is -1.86. The van der Waals surface area contributed by atoms with Crippen LogP contribution in [0.15, 0.2) is 57.7 Å². The van der Waals surface area contributed by atoms with Crippen molar-refractivity contribution >= 4 is 62.3 Å². The summed E-state index contributed by atoms with van der Waals surface area (Å²) in [5.74, 6) is -2.21. The molecule has 3 aromatic rings. The maximum Gasteiger partial charge on any atom is 0.313 e. The molecule has 2 unspecified atom stereocenters. The average Bonchev–Trinajstić information content (AvgIpc) is 3.08. The van der Waals surface area contributed by atoms with Crippen LogP contribution in [0.4, 0.5) is 0 Å². The number of amides is 1. The highest BCUT2D eigenvalue weighted by Crippen LogP contribution is 2.46. The van der Waals surface area contributed by atoms with Crippen LogP contribution in [0, 0.1) is 0 Å². The van der Waals surface area contributed by atoms with Gasteiger partial charge in [0.25, 0.3) is 5.91 Å². The van der Waals surface area contributed by atoms with Crippen LogP contribution in [0.2, 0.25) is 10.0 Å². The first-order valence-corrected chi connectivity index (χ1v) is 11.1. The molecule has 2 atom stereocenters. The van der Waals surface area contributed by atoms with Crippen molar-refractivity contribution < 1.29 is 14.7 Å². The third kappa shape index (κ3) is 3.70. The van der Waals surface area contributed by atoms with Crippen molar-refractivity contribution in [2.45, 2.75) is 18.5 Å². The molecule has 148 valence electrons. The van der Waals surface area contributed by atoms with Crippen molar-refractivity contribution in [3.05, 3.63) is 90.0 Å². The molecule has 2 heterocycles. The van der Waals surface area contributed by atoms with Gasteiger partial charge in [-0.05, 0) is 62.3 Å². The van der Waals surface area contributed by atoms with Gasteiger partial charge in [0.05, 0.1) is 9.83 Å². The van der Waals surface area contributed by atoms with Crippen LogP contribution in [-0.2, 0) is 11.3 Å². The first kappa shape index (κ1) is 20.4. The van der Waals surface area contributed by atoms with E-state index < -0.39 is 17.9 Å². The summed E-state index contributed by atoms with van der Waals surface area (Å²) in [7, 11) is 0. The van der Waals surface area contributed by atoms with Crippen molar-refractivity contribution in [3.8, 4) is 0 Å². The number of benzene rings is 2. The Bertz CT molecular complexity index is 1120. The number of fused-ring (bicyclic) bond motifs is 1. The monoisotopic (exact) mass is 509 g/mol. The third-order valence-electron chi connectivity index (χ3n) is 5.02. The van der Waals surface area contributed by atoms with E-state index in [0.29, 0.717) is 26.7 Å². The van der Waals surface area contributed by atoms with E-state index in [2.05, 4.69) is 15.9 Å². The number of hydrogen-bond donors (Lipinski definition) is 1. The van der Waals surface area contributed by atoms with Gasteiger partial charge in [-0.15, -0.1) is 11.3 Å². The van der Waals surface area contributed by atoms with Crippen LogP contribution in [0.5, 0.6) is 0 Å². The van der Waals surface area contributed by atoms with E-state index in [1.54, 1.807) is 47.4 Å². The summed E-state index contributed by atoms with van der Waals surface area (Å²) >= 11 is 17.5. The second kappa shape index (κ2) is 8.11. The van der Waals surface area contributed by atoms with Crippen molar-refractivity contribution in [2.24, 2.45) is 0 Å². The molecule has 1 N–H and O–H groups in total. The van der Waals surface area contributed by atoms with Crippen LogP contribution in [0.25, 0.3) is 0 Å². The van der Waals surface area contributed by atoms with Crippen molar-refractivity contribution in [1.82, 2.24) is 4.90 Å². The van der Waals surface area contributed by atoms with Crippen molar-refractivity contribution in [3.63, 3.8) is 0 Å². The minimum Gasteiger partial charge on any atom is -0.481 e. The van der Waals surface area contributed by atoms with Gasteiger partial charge < -0.3 is 10.0 Å². The molecule has 2 aromatic carbocycles. The molecule has 8 heteroatoms. The average molecular weight is 511 g/mol. The number of nitrogens with zero attached hydrogens (tertiary/aromatic N) is 1. The highest BCUT2D eigenvalue weighted by molar-refractivity contribution is 9.11. The molecule has 0 bridgehead atoms. The fraction of sp³-hybridized carbons (Fsp3) is 0.143. The smallest absolute Gasteiger partial charge is 0.313 e. The SMILES string of the molecule is O=C(O)C1c2ccccc2C(=O)N(Cc2ccsc2Br)C1c1ccc(Cl)cc1Cl. The molecular weight excluding hydrogens is 497 g/mol. The predicted octanol–water partition coefficient (Wildman–Crippen LogP) is 6.38. The minimum atomic E-state index is -1.02. The predicted molar refractivity (Wildman–Crippen MR) is 118 cm³/mol. The molecular formula is C21H14BrCl2NO3S. The third-order valence-corrected chi connectivity index (χ3v) is 7.39. The van der Waals surface area contributed by atoms with Crippen molar-refractivity contribution in [1.29, 1.82) is 0 Å². The lowest BCUT2D eigenvalue weighted by molar-refractivity contribution is -0.140. The first-order chi connectivity index (χ1) is 13.9. The summed E-state index contributed by atoms with van der Waals surface area (Å²) in [6.45, 7) is 0.255. The molecule has 0 fully saturated rings. The Kier molecular flexibility index (Phi) is 5.71. The Morgan fingerprint density at radius 2 is 1.90 bits per heavy atom. The topological polar surface area (TPSA) is 57.6 Å². The Balaban J connectivity index is 1.93. The second-order valence-corrected chi connectivity index (χ2v) is 9.74. The van der Waals surface area contributed by atoms with Gasteiger partial charge in [-0.25, -0.2) is 0 Å². The van der Waals surface area contributed by atoms with E-state index in [4.69, 9.17) is 23.2 Å². The lowest BCUT2D eigenvalue weighted by Crippen LogP contribution is -2.44. The summed E-state index contributed by atoms with van der Waals surface area (Å²) in [5, 5.41) is 12.8. The molecule has 0 saturated heterocycles. The summed E-state index contributed by atoms with van der Waals surface area (Å²) in [6, 6.07) is 12.9. The van der Waals surface area contributed by atoms with Gasteiger partial charge in [-0.3, -0.25) is 9.59 Å². The highest BCUT2D eigenvalue weighted by atomic mass is 79.9. The number of hydrogen-bond acceptors (Lipinski definition) is 3. The van der Waals surface area contributed by atoms with E-state index in [1.165, 1.54) is 11.3 Å². The Labute approximate surface area is 189 Å². The quantitative estimate of drug-likeness (QED) is 0.442. The maximum absolute atomic E-state index is 13.4. The number of aliphatic carboxylic acids is 1. The summed E-state index contributed by atoms with van der Waals surface area (Å²) in [4.78, 5) is 27.4. The van der Waals surface area contributed by atoms with Gasteiger partial charge in [0.15, 0.2) is 0 Å². The van der Waals surface area contributed by atoms with E-state index in [9.17, 15) is 14.7 Å². The molecule has 0 spiro atoms. The molecule has 1 aromatic heterocycles. The summed E-state index contributed by atoms with van der Waals surface area (Å²) < 4.78 is 0.900. The van der Waals surface area contributed by atoms with Gasteiger partial charge in [-0.1, -0.05) is 47.5 Å². The Morgan fingerprint density at radius 3 is 2.55 bits per heavy atom. The lowest BCUT2D eigenvalue weighted by atomic mass is 9.79. The van der Waals surface area contributed by atoms with Crippen LogP contribution in [0.3, 0.4) is 0 Å².